The Labute approximate surface area is 117 Å². The SMILES string of the molecule is CCCCCC(C)(C)CNCc1cc(F)ccc1C. The van der Waals surface area contributed by atoms with Gasteiger partial charge in [0.2, 0.25) is 0 Å². The maximum atomic E-state index is 13.2. The first kappa shape index (κ1) is 16.2. The lowest BCUT2D eigenvalue weighted by Gasteiger charge is -2.25. The van der Waals surface area contributed by atoms with E-state index in [1.165, 1.54) is 31.7 Å². The van der Waals surface area contributed by atoms with Crippen molar-refractivity contribution in [3.63, 3.8) is 0 Å². The second-order valence-electron chi connectivity index (χ2n) is 6.30. The largest absolute Gasteiger partial charge is 0.312 e. The number of hydrogen-bond acceptors (Lipinski definition) is 1. The van der Waals surface area contributed by atoms with Crippen LogP contribution >= 0.6 is 0 Å². The third-order valence-electron chi connectivity index (χ3n) is 3.69. The Balaban J connectivity index is 2.38. The van der Waals surface area contributed by atoms with Gasteiger partial charge < -0.3 is 5.32 Å². The van der Waals surface area contributed by atoms with Crippen LogP contribution in [0.25, 0.3) is 0 Å². The third-order valence-corrected chi connectivity index (χ3v) is 3.69. The van der Waals surface area contributed by atoms with E-state index in [-0.39, 0.29) is 5.82 Å². The van der Waals surface area contributed by atoms with Crippen molar-refractivity contribution in [1.82, 2.24) is 5.32 Å². The highest BCUT2D eigenvalue weighted by Gasteiger charge is 2.16. The van der Waals surface area contributed by atoms with E-state index >= 15 is 0 Å². The van der Waals surface area contributed by atoms with Gasteiger partial charge in [-0.05, 0) is 42.0 Å². The molecule has 0 fully saturated rings. The van der Waals surface area contributed by atoms with Gasteiger partial charge in [-0.25, -0.2) is 4.39 Å². The van der Waals surface area contributed by atoms with Crippen LogP contribution in [0, 0.1) is 18.2 Å². The number of benzene rings is 1. The van der Waals surface area contributed by atoms with E-state index in [4.69, 9.17) is 0 Å². The predicted octanol–water partition coefficient (Wildman–Crippen LogP) is 4.83. The molecule has 0 spiro atoms. The molecule has 0 aliphatic carbocycles. The summed E-state index contributed by atoms with van der Waals surface area (Å²) in [5.41, 5.74) is 2.53. The van der Waals surface area contributed by atoms with Gasteiger partial charge in [-0.1, -0.05) is 46.1 Å². The van der Waals surface area contributed by atoms with Crippen molar-refractivity contribution in [2.75, 3.05) is 6.54 Å². The summed E-state index contributed by atoms with van der Waals surface area (Å²) in [6.07, 6.45) is 5.12. The zero-order chi connectivity index (χ0) is 14.3. The van der Waals surface area contributed by atoms with E-state index in [1.807, 2.05) is 13.0 Å². The summed E-state index contributed by atoms with van der Waals surface area (Å²) < 4.78 is 13.2. The Morgan fingerprint density at radius 3 is 2.63 bits per heavy atom. The van der Waals surface area contributed by atoms with E-state index in [0.29, 0.717) is 5.41 Å². The molecule has 0 aromatic heterocycles. The topological polar surface area (TPSA) is 12.0 Å². The Hall–Kier alpha value is -0.890. The number of nitrogens with one attached hydrogen (secondary N) is 1. The van der Waals surface area contributed by atoms with Gasteiger partial charge in [0.1, 0.15) is 5.82 Å². The molecule has 0 heterocycles. The molecule has 0 saturated heterocycles. The van der Waals surface area contributed by atoms with Crippen LogP contribution in [-0.2, 0) is 6.54 Å². The van der Waals surface area contributed by atoms with Crippen LogP contribution in [0.15, 0.2) is 18.2 Å². The molecule has 1 aromatic rings. The molecule has 1 rings (SSSR count). The molecule has 0 aliphatic rings. The van der Waals surface area contributed by atoms with Crippen molar-refractivity contribution in [3.8, 4) is 0 Å². The predicted molar refractivity (Wildman–Crippen MR) is 80.8 cm³/mol. The van der Waals surface area contributed by atoms with E-state index in [2.05, 4.69) is 26.1 Å². The summed E-state index contributed by atoms with van der Waals surface area (Å²) in [6.45, 7) is 10.6. The van der Waals surface area contributed by atoms with Crippen molar-refractivity contribution in [2.24, 2.45) is 5.41 Å². The molecule has 0 saturated carbocycles. The monoisotopic (exact) mass is 265 g/mol. The Kier molecular flexibility index (Phi) is 6.50. The normalized spacial score (nSPS) is 11.8. The number of aryl methyl sites for hydroxylation is 1. The van der Waals surface area contributed by atoms with Crippen molar-refractivity contribution in [2.45, 2.75) is 59.9 Å². The molecule has 0 amide bonds. The van der Waals surface area contributed by atoms with Gasteiger partial charge in [0.05, 0.1) is 0 Å². The van der Waals surface area contributed by atoms with Gasteiger partial charge in [-0.15, -0.1) is 0 Å². The highest BCUT2D eigenvalue weighted by Crippen LogP contribution is 2.23. The first-order valence-corrected chi connectivity index (χ1v) is 7.40. The lowest BCUT2D eigenvalue weighted by atomic mass is 9.87. The van der Waals surface area contributed by atoms with Crippen LogP contribution in [0.4, 0.5) is 4.39 Å². The first-order chi connectivity index (χ1) is 8.94. The standard InChI is InChI=1S/C17H28FN/c1-5-6-7-10-17(3,4)13-19-12-15-11-16(18)9-8-14(15)2/h8-9,11,19H,5-7,10,12-13H2,1-4H3. The second-order valence-corrected chi connectivity index (χ2v) is 6.30. The van der Waals surface area contributed by atoms with Crippen molar-refractivity contribution >= 4 is 0 Å². The van der Waals surface area contributed by atoms with Crippen LogP contribution in [0.5, 0.6) is 0 Å². The van der Waals surface area contributed by atoms with Crippen LogP contribution in [0.1, 0.15) is 57.6 Å². The third kappa shape index (κ3) is 6.20. The van der Waals surface area contributed by atoms with E-state index in [0.717, 1.165) is 24.2 Å². The summed E-state index contributed by atoms with van der Waals surface area (Å²) in [6, 6.07) is 5.00. The molecule has 0 aliphatic heterocycles. The fourth-order valence-electron chi connectivity index (χ4n) is 2.31. The van der Waals surface area contributed by atoms with Crippen LogP contribution in [-0.4, -0.2) is 6.54 Å². The minimum atomic E-state index is -0.149. The number of hydrogen-bond donors (Lipinski definition) is 1. The molecule has 2 heteroatoms. The molecule has 19 heavy (non-hydrogen) atoms. The molecule has 0 bridgehead atoms. The Morgan fingerprint density at radius 2 is 1.95 bits per heavy atom. The molecule has 1 N–H and O–H groups in total. The Bertz CT molecular complexity index is 385. The zero-order valence-electron chi connectivity index (χ0n) is 12.9. The summed E-state index contributed by atoms with van der Waals surface area (Å²) in [5, 5.41) is 3.47. The van der Waals surface area contributed by atoms with Gasteiger partial charge in [0.25, 0.3) is 0 Å². The Morgan fingerprint density at radius 1 is 1.21 bits per heavy atom. The van der Waals surface area contributed by atoms with Crippen LogP contribution < -0.4 is 5.32 Å². The van der Waals surface area contributed by atoms with Crippen molar-refractivity contribution in [1.29, 1.82) is 0 Å². The molecule has 1 aromatic carbocycles. The van der Waals surface area contributed by atoms with Gasteiger partial charge in [0, 0.05) is 13.1 Å². The average Bonchev–Trinajstić information content (AvgIpc) is 2.33. The van der Waals surface area contributed by atoms with Crippen LogP contribution in [0.3, 0.4) is 0 Å². The molecule has 0 atom stereocenters. The van der Waals surface area contributed by atoms with Gasteiger partial charge >= 0.3 is 0 Å². The molecule has 0 unspecified atom stereocenters. The summed E-state index contributed by atoms with van der Waals surface area (Å²) in [7, 11) is 0. The fourth-order valence-corrected chi connectivity index (χ4v) is 2.31. The summed E-state index contributed by atoms with van der Waals surface area (Å²) in [4.78, 5) is 0. The first-order valence-electron chi connectivity index (χ1n) is 7.40. The maximum Gasteiger partial charge on any atom is 0.123 e. The van der Waals surface area contributed by atoms with Crippen molar-refractivity contribution in [3.05, 3.63) is 35.1 Å². The number of halogens is 1. The molecular formula is C17H28FN. The molecule has 1 nitrogen and oxygen atoms in total. The fraction of sp³-hybridized carbons (Fsp3) is 0.647. The molecule has 108 valence electrons. The minimum absolute atomic E-state index is 0.149. The van der Waals surface area contributed by atoms with E-state index in [1.54, 1.807) is 6.07 Å². The maximum absolute atomic E-state index is 13.2. The lowest BCUT2D eigenvalue weighted by Crippen LogP contribution is -2.29. The molecular weight excluding hydrogens is 237 g/mol. The highest BCUT2D eigenvalue weighted by molar-refractivity contribution is 5.26. The summed E-state index contributed by atoms with van der Waals surface area (Å²) >= 11 is 0. The van der Waals surface area contributed by atoms with Gasteiger partial charge in [-0.3, -0.25) is 0 Å². The smallest absolute Gasteiger partial charge is 0.123 e. The number of unbranched alkanes of at least 4 members (excludes halogenated alkanes) is 2. The minimum Gasteiger partial charge on any atom is -0.312 e. The summed E-state index contributed by atoms with van der Waals surface area (Å²) in [5.74, 6) is -0.149. The molecule has 0 radical (unpaired) electrons. The van der Waals surface area contributed by atoms with E-state index < -0.39 is 0 Å². The lowest BCUT2D eigenvalue weighted by molar-refractivity contribution is 0.302. The van der Waals surface area contributed by atoms with Gasteiger partial charge in [-0.2, -0.15) is 0 Å². The average molecular weight is 265 g/mol. The van der Waals surface area contributed by atoms with Crippen molar-refractivity contribution < 1.29 is 4.39 Å². The highest BCUT2D eigenvalue weighted by atomic mass is 19.1. The number of rotatable bonds is 8. The van der Waals surface area contributed by atoms with Gasteiger partial charge in [0.15, 0.2) is 0 Å². The second kappa shape index (κ2) is 7.64. The van der Waals surface area contributed by atoms with Crippen LogP contribution in [0.2, 0.25) is 0 Å². The van der Waals surface area contributed by atoms with E-state index in [9.17, 15) is 4.39 Å². The quantitative estimate of drug-likeness (QED) is 0.664. The zero-order valence-corrected chi connectivity index (χ0v) is 12.9.